The van der Waals surface area contributed by atoms with Crippen molar-refractivity contribution >= 4 is 34.9 Å². The van der Waals surface area contributed by atoms with E-state index in [0.717, 1.165) is 22.2 Å². The van der Waals surface area contributed by atoms with Crippen LogP contribution in [-0.2, 0) is 4.79 Å². The first kappa shape index (κ1) is 24.0. The molecule has 3 rings (SSSR count). The van der Waals surface area contributed by atoms with Gasteiger partial charge in [0.25, 0.3) is 17.1 Å². The van der Waals surface area contributed by atoms with E-state index in [0.29, 0.717) is 27.9 Å². The first-order chi connectivity index (χ1) is 15.9. The fraction of sp³-hybridized carbons (Fsp3) is 0.261. The van der Waals surface area contributed by atoms with Crippen molar-refractivity contribution in [3.8, 4) is 23.0 Å². The predicted molar refractivity (Wildman–Crippen MR) is 124 cm³/mol. The molecule has 174 valence electrons. The lowest BCUT2D eigenvalue weighted by Crippen LogP contribution is -2.37. The van der Waals surface area contributed by atoms with Crippen molar-refractivity contribution < 1.29 is 33.3 Å². The first-order valence-electron chi connectivity index (χ1n) is 9.89. The molecule has 9 nitrogen and oxygen atoms in total. The van der Waals surface area contributed by atoms with Gasteiger partial charge in [-0.2, -0.15) is 0 Å². The van der Waals surface area contributed by atoms with Crippen LogP contribution in [0.25, 0.3) is 6.08 Å². The first-order valence-corrected chi connectivity index (χ1v) is 10.7. The van der Waals surface area contributed by atoms with E-state index in [9.17, 15) is 14.4 Å². The second-order valence-electron chi connectivity index (χ2n) is 6.78. The summed E-state index contributed by atoms with van der Waals surface area (Å²) in [6.45, 7) is 0.129. The fourth-order valence-electron chi connectivity index (χ4n) is 3.14. The van der Waals surface area contributed by atoms with E-state index in [2.05, 4.69) is 5.32 Å². The van der Waals surface area contributed by atoms with Gasteiger partial charge in [0.2, 0.25) is 5.75 Å². The van der Waals surface area contributed by atoms with E-state index in [-0.39, 0.29) is 23.9 Å². The lowest BCUT2D eigenvalue weighted by Gasteiger charge is -2.15. The molecule has 0 aromatic heterocycles. The molecule has 0 bridgehead atoms. The molecule has 1 fully saturated rings. The molecule has 1 saturated heterocycles. The number of rotatable bonds is 9. The highest BCUT2D eigenvalue weighted by molar-refractivity contribution is 8.18. The second-order valence-corrected chi connectivity index (χ2v) is 7.77. The standard InChI is InChI=1S/C23H24N2O7S/c1-29-16-7-5-14(6-8-16)11-19-22(27)25(23(28)33-19)10-9-24-21(26)15-12-17(30-2)20(32-4)18(13-15)31-3/h5-8,11-13H,9-10H2,1-4H3,(H,24,26)/b19-11-. The third-order valence-electron chi connectivity index (χ3n) is 4.84. The van der Waals surface area contributed by atoms with Crippen molar-refractivity contribution in [1.82, 2.24) is 10.2 Å². The van der Waals surface area contributed by atoms with E-state index in [1.54, 1.807) is 37.5 Å². The normalized spacial score (nSPS) is 14.4. The molecular weight excluding hydrogens is 448 g/mol. The Bertz CT molecular complexity index is 1060. The molecule has 0 spiro atoms. The summed E-state index contributed by atoms with van der Waals surface area (Å²) in [5.41, 5.74) is 1.06. The van der Waals surface area contributed by atoms with Gasteiger partial charge in [-0.25, -0.2) is 0 Å². The number of hydrogen-bond acceptors (Lipinski definition) is 8. The number of benzene rings is 2. The van der Waals surface area contributed by atoms with Gasteiger partial charge >= 0.3 is 0 Å². The van der Waals surface area contributed by atoms with Gasteiger partial charge in [0.1, 0.15) is 5.75 Å². The zero-order chi connectivity index (χ0) is 24.0. The minimum absolute atomic E-state index is 0.0424. The van der Waals surface area contributed by atoms with Gasteiger partial charge in [0.15, 0.2) is 11.5 Å². The predicted octanol–water partition coefficient (Wildman–Crippen LogP) is 3.19. The maximum Gasteiger partial charge on any atom is 0.293 e. The van der Waals surface area contributed by atoms with Gasteiger partial charge in [-0.15, -0.1) is 0 Å². The average Bonchev–Trinajstić information content (AvgIpc) is 3.10. The summed E-state index contributed by atoms with van der Waals surface area (Å²) in [6, 6.07) is 10.2. The zero-order valence-corrected chi connectivity index (χ0v) is 19.5. The molecule has 1 N–H and O–H groups in total. The summed E-state index contributed by atoms with van der Waals surface area (Å²) in [4.78, 5) is 39.0. The van der Waals surface area contributed by atoms with Gasteiger partial charge in [-0.3, -0.25) is 19.3 Å². The quantitative estimate of drug-likeness (QED) is 0.555. The Kier molecular flexibility index (Phi) is 7.83. The van der Waals surface area contributed by atoms with Crippen LogP contribution in [0.5, 0.6) is 23.0 Å². The molecule has 0 saturated carbocycles. The van der Waals surface area contributed by atoms with Crippen LogP contribution in [0.4, 0.5) is 4.79 Å². The SMILES string of the molecule is COc1ccc(/C=C2\SC(=O)N(CCNC(=O)c3cc(OC)c(OC)c(OC)c3)C2=O)cc1. The Morgan fingerprint density at radius 3 is 2.15 bits per heavy atom. The molecular formula is C23H24N2O7S. The molecule has 0 atom stereocenters. The van der Waals surface area contributed by atoms with Gasteiger partial charge in [-0.1, -0.05) is 12.1 Å². The van der Waals surface area contributed by atoms with Gasteiger partial charge < -0.3 is 24.3 Å². The molecule has 2 aromatic rings. The number of nitrogens with one attached hydrogen (secondary N) is 1. The lowest BCUT2D eigenvalue weighted by atomic mass is 10.1. The fourth-order valence-corrected chi connectivity index (χ4v) is 4.00. The number of imide groups is 1. The van der Waals surface area contributed by atoms with Crippen LogP contribution < -0.4 is 24.3 Å². The van der Waals surface area contributed by atoms with Crippen LogP contribution in [0.2, 0.25) is 0 Å². The summed E-state index contributed by atoms with van der Waals surface area (Å²) in [6.07, 6.45) is 1.65. The van der Waals surface area contributed by atoms with E-state index in [4.69, 9.17) is 18.9 Å². The van der Waals surface area contributed by atoms with E-state index >= 15 is 0 Å². The topological polar surface area (TPSA) is 103 Å². The maximum atomic E-state index is 12.7. The van der Waals surface area contributed by atoms with Gasteiger partial charge in [0.05, 0.1) is 33.3 Å². The molecule has 33 heavy (non-hydrogen) atoms. The number of carbonyl (C=O) groups is 3. The van der Waals surface area contributed by atoms with Crippen molar-refractivity contribution in [3.63, 3.8) is 0 Å². The van der Waals surface area contributed by atoms with Crippen molar-refractivity contribution in [2.45, 2.75) is 0 Å². The van der Waals surface area contributed by atoms with Crippen LogP contribution in [0.3, 0.4) is 0 Å². The van der Waals surface area contributed by atoms with Gasteiger partial charge in [0, 0.05) is 18.7 Å². The molecule has 0 aliphatic carbocycles. The highest BCUT2D eigenvalue weighted by Crippen LogP contribution is 2.38. The highest BCUT2D eigenvalue weighted by Gasteiger charge is 2.34. The zero-order valence-electron chi connectivity index (χ0n) is 18.7. The molecule has 0 radical (unpaired) electrons. The van der Waals surface area contributed by atoms with Crippen molar-refractivity contribution in [3.05, 3.63) is 52.4 Å². The molecule has 1 heterocycles. The largest absolute Gasteiger partial charge is 0.497 e. The summed E-state index contributed by atoms with van der Waals surface area (Å²) in [7, 11) is 5.96. The third-order valence-corrected chi connectivity index (χ3v) is 5.74. The summed E-state index contributed by atoms with van der Waals surface area (Å²) >= 11 is 0.863. The van der Waals surface area contributed by atoms with Gasteiger partial charge in [-0.05, 0) is 47.7 Å². The molecule has 1 aliphatic heterocycles. The Morgan fingerprint density at radius 1 is 0.970 bits per heavy atom. The molecule has 10 heteroatoms. The molecule has 1 aliphatic rings. The minimum Gasteiger partial charge on any atom is -0.497 e. The van der Waals surface area contributed by atoms with Crippen LogP contribution in [-0.4, -0.2) is 63.5 Å². The van der Waals surface area contributed by atoms with Crippen LogP contribution in [0.1, 0.15) is 15.9 Å². The summed E-state index contributed by atoms with van der Waals surface area (Å²) < 4.78 is 20.9. The number of hydrogen-bond donors (Lipinski definition) is 1. The monoisotopic (exact) mass is 472 g/mol. The minimum atomic E-state index is -0.407. The van der Waals surface area contributed by atoms with E-state index in [1.165, 1.54) is 33.5 Å². The van der Waals surface area contributed by atoms with E-state index in [1.807, 2.05) is 0 Å². The second kappa shape index (κ2) is 10.8. The van der Waals surface area contributed by atoms with Crippen molar-refractivity contribution in [2.24, 2.45) is 0 Å². The summed E-state index contributed by atoms with van der Waals surface area (Å²) in [5, 5.41) is 2.32. The van der Waals surface area contributed by atoms with Crippen molar-refractivity contribution in [2.75, 3.05) is 41.5 Å². The summed E-state index contributed by atoms with van der Waals surface area (Å²) in [5.74, 6) is 0.951. The lowest BCUT2D eigenvalue weighted by molar-refractivity contribution is -0.122. The number of ether oxygens (including phenoxy) is 4. The molecule has 2 aromatic carbocycles. The Hall–Kier alpha value is -3.66. The highest BCUT2D eigenvalue weighted by atomic mass is 32.2. The molecule has 3 amide bonds. The number of thioether (sulfide) groups is 1. The number of carbonyl (C=O) groups excluding carboxylic acids is 3. The van der Waals surface area contributed by atoms with Crippen LogP contribution >= 0.6 is 11.8 Å². The van der Waals surface area contributed by atoms with E-state index < -0.39 is 11.8 Å². The number of methoxy groups -OCH3 is 4. The van der Waals surface area contributed by atoms with Crippen LogP contribution in [0.15, 0.2) is 41.3 Å². The maximum absolute atomic E-state index is 12.7. The Morgan fingerprint density at radius 2 is 1.61 bits per heavy atom. The van der Waals surface area contributed by atoms with Crippen molar-refractivity contribution in [1.29, 1.82) is 0 Å². The average molecular weight is 473 g/mol. The molecule has 0 unspecified atom stereocenters. The number of amides is 3. The smallest absolute Gasteiger partial charge is 0.293 e. The Balaban J connectivity index is 1.63. The third kappa shape index (κ3) is 5.40. The Labute approximate surface area is 195 Å². The number of nitrogens with zero attached hydrogens (tertiary/aromatic N) is 1. The van der Waals surface area contributed by atoms with Crippen LogP contribution in [0, 0.1) is 0 Å².